The highest BCUT2D eigenvalue weighted by Crippen LogP contribution is 2.45. The lowest BCUT2D eigenvalue weighted by atomic mass is 9.70. The van der Waals surface area contributed by atoms with Gasteiger partial charge in [-0.25, -0.2) is 0 Å². The second-order valence-corrected chi connectivity index (χ2v) is 3.21. The minimum absolute atomic E-state index is 0.211. The summed E-state index contributed by atoms with van der Waals surface area (Å²) < 4.78 is 0. The van der Waals surface area contributed by atoms with E-state index in [0.29, 0.717) is 12.8 Å². The summed E-state index contributed by atoms with van der Waals surface area (Å²) in [5.74, 6) is -0.928. The molecule has 0 aromatic rings. The highest BCUT2D eigenvalue weighted by atomic mass is 16.7. The summed E-state index contributed by atoms with van der Waals surface area (Å²) in [5.41, 5.74) is -0.233. The molecule has 60 valence electrons. The number of hydrogen-bond donors (Lipinski definition) is 1. The first-order valence-corrected chi connectivity index (χ1v) is 3.65. The van der Waals surface area contributed by atoms with Crippen molar-refractivity contribution in [2.45, 2.75) is 24.9 Å². The van der Waals surface area contributed by atoms with Crippen molar-refractivity contribution in [1.82, 2.24) is 0 Å². The minimum Gasteiger partial charge on any atom is -0.481 e. The van der Waals surface area contributed by atoms with Gasteiger partial charge in [0.2, 0.25) is 0 Å². The van der Waals surface area contributed by atoms with Crippen molar-refractivity contribution in [2.24, 2.45) is 11.1 Å². The predicted octanol–water partition coefficient (Wildman–Crippen LogP) is 0.626. The van der Waals surface area contributed by atoms with Gasteiger partial charge in [0, 0.05) is 25.5 Å². The Morgan fingerprint density at radius 1 is 1.73 bits per heavy atom. The van der Waals surface area contributed by atoms with Gasteiger partial charge in [0.25, 0.3) is 0 Å². The van der Waals surface area contributed by atoms with E-state index in [4.69, 9.17) is 9.94 Å². The summed E-state index contributed by atoms with van der Waals surface area (Å²) in [6.45, 7) is 0. The maximum Gasteiger partial charge on any atom is 0.306 e. The number of carbonyl (C=O) groups is 1. The molecule has 2 rings (SSSR count). The zero-order valence-electron chi connectivity index (χ0n) is 5.99. The Labute approximate surface area is 63.8 Å². The van der Waals surface area contributed by atoms with Gasteiger partial charge in [-0.2, -0.15) is 0 Å². The Morgan fingerprint density at radius 3 is 2.91 bits per heavy atom. The third-order valence-electron chi connectivity index (χ3n) is 2.37. The Balaban J connectivity index is 1.92. The van der Waals surface area contributed by atoms with Crippen LogP contribution in [0.2, 0.25) is 0 Å². The van der Waals surface area contributed by atoms with Gasteiger partial charge < -0.3 is 9.94 Å². The van der Waals surface area contributed by atoms with E-state index in [0.717, 1.165) is 6.42 Å². The van der Waals surface area contributed by atoms with Crippen molar-refractivity contribution in [3.8, 4) is 0 Å². The smallest absolute Gasteiger partial charge is 0.306 e. The van der Waals surface area contributed by atoms with E-state index < -0.39 is 5.97 Å². The van der Waals surface area contributed by atoms with Gasteiger partial charge in [0.1, 0.15) is 5.60 Å². The Hall–Kier alpha value is -1.06. The molecule has 11 heavy (non-hydrogen) atoms. The number of carboxylic acids is 1. The molecule has 4 heteroatoms. The molecule has 0 amide bonds. The monoisotopic (exact) mass is 155 g/mol. The molecule has 1 N–H and O–H groups in total. The predicted molar refractivity (Wildman–Crippen MR) is 37.3 cm³/mol. The van der Waals surface area contributed by atoms with Crippen molar-refractivity contribution in [3.05, 3.63) is 0 Å². The molecule has 2 aliphatic rings. The molecule has 0 atom stereocenters. The molecule has 1 spiro atoms. The van der Waals surface area contributed by atoms with Crippen LogP contribution in [0.15, 0.2) is 5.16 Å². The number of aliphatic carboxylic acids is 1. The average Bonchev–Trinajstić information content (AvgIpc) is 2.29. The SMILES string of the molecule is O=C(O)C1CC2(CC=NO2)C1. The third kappa shape index (κ3) is 0.895. The molecule has 4 nitrogen and oxygen atoms in total. The Kier molecular flexibility index (Phi) is 1.19. The van der Waals surface area contributed by atoms with Crippen molar-refractivity contribution in [2.75, 3.05) is 0 Å². The van der Waals surface area contributed by atoms with Crippen LogP contribution in [0.4, 0.5) is 0 Å². The van der Waals surface area contributed by atoms with E-state index in [2.05, 4.69) is 5.16 Å². The largest absolute Gasteiger partial charge is 0.481 e. The van der Waals surface area contributed by atoms with Gasteiger partial charge in [-0.15, -0.1) is 0 Å². The molecular formula is C7H9NO3. The van der Waals surface area contributed by atoms with Crippen molar-refractivity contribution in [3.63, 3.8) is 0 Å². The summed E-state index contributed by atoms with van der Waals surface area (Å²) in [6, 6.07) is 0. The molecule has 0 aromatic carbocycles. The molecule has 1 fully saturated rings. The molecule has 0 bridgehead atoms. The molecule has 0 unspecified atom stereocenters. The van der Waals surface area contributed by atoms with Crippen LogP contribution in [-0.4, -0.2) is 22.9 Å². The van der Waals surface area contributed by atoms with Crippen LogP contribution >= 0.6 is 0 Å². The Morgan fingerprint density at radius 2 is 2.45 bits per heavy atom. The average molecular weight is 155 g/mol. The van der Waals surface area contributed by atoms with E-state index in [1.54, 1.807) is 6.21 Å². The van der Waals surface area contributed by atoms with Gasteiger partial charge in [0.15, 0.2) is 0 Å². The standard InChI is InChI=1S/C7H9NO3/c9-6(10)5-3-7(4-5)1-2-8-11-7/h2,5H,1,3-4H2,(H,9,10). The van der Waals surface area contributed by atoms with Crippen molar-refractivity contribution < 1.29 is 14.7 Å². The fraction of sp³-hybridized carbons (Fsp3) is 0.714. The van der Waals surface area contributed by atoms with Crippen LogP contribution in [0.1, 0.15) is 19.3 Å². The van der Waals surface area contributed by atoms with E-state index in [-0.39, 0.29) is 11.5 Å². The van der Waals surface area contributed by atoms with Gasteiger partial charge >= 0.3 is 5.97 Å². The fourth-order valence-corrected chi connectivity index (χ4v) is 1.64. The van der Waals surface area contributed by atoms with Crippen molar-refractivity contribution >= 4 is 12.2 Å². The maximum absolute atomic E-state index is 10.4. The molecule has 1 aliphatic heterocycles. The van der Waals surface area contributed by atoms with E-state index in [1.807, 2.05) is 0 Å². The maximum atomic E-state index is 10.4. The first-order chi connectivity index (χ1) is 5.22. The van der Waals surface area contributed by atoms with E-state index in [9.17, 15) is 4.79 Å². The van der Waals surface area contributed by atoms with Crippen LogP contribution in [0.5, 0.6) is 0 Å². The van der Waals surface area contributed by atoms with Gasteiger partial charge in [-0.3, -0.25) is 4.79 Å². The minimum atomic E-state index is -0.717. The summed E-state index contributed by atoms with van der Waals surface area (Å²) in [5, 5.41) is 12.2. The molecule has 1 saturated carbocycles. The number of nitrogens with zero attached hydrogens (tertiary/aromatic N) is 1. The molecular weight excluding hydrogens is 146 g/mol. The molecule has 1 aliphatic carbocycles. The number of oxime groups is 1. The van der Waals surface area contributed by atoms with Gasteiger partial charge in [-0.05, 0) is 0 Å². The van der Waals surface area contributed by atoms with Crippen LogP contribution < -0.4 is 0 Å². The number of rotatable bonds is 1. The molecule has 0 radical (unpaired) electrons. The van der Waals surface area contributed by atoms with Crippen LogP contribution in [-0.2, 0) is 9.63 Å². The zero-order valence-corrected chi connectivity index (χ0v) is 5.99. The van der Waals surface area contributed by atoms with Gasteiger partial charge in [0.05, 0.1) is 5.92 Å². The van der Waals surface area contributed by atoms with E-state index in [1.165, 1.54) is 0 Å². The molecule has 0 saturated heterocycles. The second-order valence-electron chi connectivity index (χ2n) is 3.21. The quantitative estimate of drug-likeness (QED) is 0.604. The van der Waals surface area contributed by atoms with Crippen LogP contribution in [0, 0.1) is 5.92 Å². The third-order valence-corrected chi connectivity index (χ3v) is 2.37. The first kappa shape index (κ1) is 6.64. The highest BCUT2D eigenvalue weighted by Gasteiger charge is 2.51. The fourth-order valence-electron chi connectivity index (χ4n) is 1.64. The van der Waals surface area contributed by atoms with Crippen molar-refractivity contribution in [1.29, 1.82) is 0 Å². The topological polar surface area (TPSA) is 58.9 Å². The lowest BCUT2D eigenvalue weighted by Crippen LogP contribution is -2.46. The Bertz CT molecular complexity index is 208. The molecule has 1 heterocycles. The van der Waals surface area contributed by atoms with Gasteiger partial charge in [-0.1, -0.05) is 5.16 Å². The summed E-state index contributed by atoms with van der Waals surface area (Å²) in [7, 11) is 0. The summed E-state index contributed by atoms with van der Waals surface area (Å²) in [4.78, 5) is 15.5. The lowest BCUT2D eigenvalue weighted by molar-refractivity contribution is -0.162. The van der Waals surface area contributed by atoms with E-state index >= 15 is 0 Å². The first-order valence-electron chi connectivity index (χ1n) is 3.65. The lowest BCUT2D eigenvalue weighted by Gasteiger charge is -2.39. The second kappa shape index (κ2) is 1.96. The normalized spacial score (nSPS) is 40.2. The van der Waals surface area contributed by atoms with Crippen LogP contribution in [0.3, 0.4) is 0 Å². The summed E-state index contributed by atoms with van der Waals surface area (Å²) in [6.07, 6.45) is 3.71. The highest BCUT2D eigenvalue weighted by molar-refractivity contribution is 5.72. The summed E-state index contributed by atoms with van der Waals surface area (Å²) >= 11 is 0. The number of hydrogen-bond acceptors (Lipinski definition) is 3. The van der Waals surface area contributed by atoms with Crippen LogP contribution in [0.25, 0.3) is 0 Å². The number of carboxylic acid groups (broad SMARTS) is 1. The zero-order chi connectivity index (χ0) is 7.90. The molecule has 0 aromatic heterocycles.